The second kappa shape index (κ2) is 11.2. The number of carbonyl (C=O) groups is 2. The van der Waals surface area contributed by atoms with Crippen molar-refractivity contribution in [3.8, 4) is 11.1 Å². The molecule has 37 heavy (non-hydrogen) atoms. The molecule has 190 valence electrons. The molecule has 1 amide bonds. The summed E-state index contributed by atoms with van der Waals surface area (Å²) in [5, 5.41) is 15.8. The smallest absolute Gasteiger partial charge is 0.413 e. The number of nitrogens with zero attached hydrogens (tertiary/aromatic N) is 2. The van der Waals surface area contributed by atoms with E-state index in [4.69, 9.17) is 10.3 Å². The number of hydrogen-bond acceptors (Lipinski definition) is 6. The topological polar surface area (TPSA) is 124 Å². The zero-order valence-corrected chi connectivity index (χ0v) is 20.8. The van der Waals surface area contributed by atoms with Crippen LogP contribution in [-0.2, 0) is 14.9 Å². The van der Waals surface area contributed by atoms with Crippen LogP contribution in [0.4, 0.5) is 10.5 Å². The summed E-state index contributed by atoms with van der Waals surface area (Å²) in [6, 6.07) is 23.8. The Morgan fingerprint density at radius 3 is 2.05 bits per heavy atom. The number of amides is 1. The van der Waals surface area contributed by atoms with Crippen LogP contribution < -0.4 is 5.32 Å². The van der Waals surface area contributed by atoms with Crippen molar-refractivity contribution < 1.29 is 19.4 Å². The Balaban J connectivity index is 1.46. The maximum Gasteiger partial charge on any atom is 0.413 e. The van der Waals surface area contributed by atoms with Gasteiger partial charge in [-0.1, -0.05) is 73.2 Å². The number of benzene rings is 3. The Hall–Kier alpha value is -4.33. The van der Waals surface area contributed by atoms with Crippen LogP contribution in [0.2, 0.25) is 0 Å². The Morgan fingerprint density at radius 2 is 1.54 bits per heavy atom. The summed E-state index contributed by atoms with van der Waals surface area (Å²) in [4.78, 5) is 28.8. The number of aliphatic carboxylic acids is 1. The van der Waals surface area contributed by atoms with Crippen molar-refractivity contribution in [2.24, 2.45) is 10.1 Å². The Labute approximate surface area is 215 Å². The lowest BCUT2D eigenvalue weighted by atomic mass is 9.64. The Kier molecular flexibility index (Phi) is 7.77. The van der Waals surface area contributed by atoms with Crippen molar-refractivity contribution >= 4 is 23.6 Å². The Bertz CT molecular complexity index is 1280. The number of amidine groups is 1. The first-order valence-corrected chi connectivity index (χ1v) is 12.2. The molecule has 8 nitrogen and oxygen atoms in total. The van der Waals surface area contributed by atoms with Crippen LogP contribution >= 0.6 is 0 Å². The number of carboxylic acid groups (broad SMARTS) is 1. The number of nitrogens with one attached hydrogen (secondary N) is 2. The van der Waals surface area contributed by atoms with E-state index in [0.717, 1.165) is 28.7 Å². The molecule has 0 aliphatic heterocycles. The van der Waals surface area contributed by atoms with Gasteiger partial charge in [0.2, 0.25) is 0 Å². The van der Waals surface area contributed by atoms with Crippen molar-refractivity contribution in [2.45, 2.75) is 50.7 Å². The molecule has 0 bridgehead atoms. The van der Waals surface area contributed by atoms with Gasteiger partial charge in [-0.2, -0.15) is 5.11 Å². The predicted molar refractivity (Wildman–Crippen MR) is 141 cm³/mol. The summed E-state index contributed by atoms with van der Waals surface area (Å²) in [5.41, 5.74) is 10.8. The molecule has 3 aromatic carbocycles. The molecule has 3 aromatic rings. The summed E-state index contributed by atoms with van der Waals surface area (Å²) in [6.07, 6.45) is 1.15. The first kappa shape index (κ1) is 25.8. The summed E-state index contributed by atoms with van der Waals surface area (Å²) >= 11 is 0. The third-order valence-electron chi connectivity index (χ3n) is 6.88. The summed E-state index contributed by atoms with van der Waals surface area (Å²) in [6.45, 7) is 3.44. The molecular formula is C29H30N4O4. The fraction of sp³-hybridized carbons (Fsp3) is 0.276. The second-order valence-electron chi connectivity index (χ2n) is 9.25. The van der Waals surface area contributed by atoms with Crippen LogP contribution in [0.5, 0.6) is 0 Å². The number of carbonyl (C=O) groups excluding carboxylic acids is 1. The molecule has 2 atom stereocenters. The van der Waals surface area contributed by atoms with Crippen molar-refractivity contribution in [1.29, 1.82) is 5.53 Å². The van der Waals surface area contributed by atoms with Crippen molar-refractivity contribution in [2.75, 3.05) is 0 Å². The summed E-state index contributed by atoms with van der Waals surface area (Å²) in [5.74, 6) is -0.554. The van der Waals surface area contributed by atoms with E-state index >= 15 is 0 Å². The van der Waals surface area contributed by atoms with Gasteiger partial charge in [0.15, 0.2) is 0 Å². The molecule has 4 rings (SSSR count). The van der Waals surface area contributed by atoms with Crippen LogP contribution in [0, 0.1) is 5.53 Å². The first-order valence-electron chi connectivity index (χ1n) is 12.2. The summed E-state index contributed by atoms with van der Waals surface area (Å²) in [7, 11) is 0. The molecule has 2 unspecified atom stereocenters. The largest absolute Gasteiger partial charge is 0.481 e. The minimum atomic E-state index is -0.759. The van der Waals surface area contributed by atoms with E-state index < -0.39 is 29.6 Å². The van der Waals surface area contributed by atoms with E-state index in [2.05, 4.69) is 15.4 Å². The molecule has 3 N–H and O–H groups in total. The van der Waals surface area contributed by atoms with Crippen LogP contribution in [0.25, 0.3) is 11.1 Å². The molecule has 0 heterocycles. The molecule has 0 aromatic heterocycles. The lowest BCUT2D eigenvalue weighted by Crippen LogP contribution is -2.42. The van der Waals surface area contributed by atoms with Crippen LogP contribution in [0.15, 0.2) is 89.0 Å². The highest BCUT2D eigenvalue weighted by Crippen LogP contribution is 2.44. The van der Waals surface area contributed by atoms with Gasteiger partial charge < -0.3 is 9.84 Å². The SMILES string of the molecule is CC(N=N)C(=Nc1ccc(-c2ccc(C3(C(=O)O)CCC3)cc2)cc1)NC(=O)OC(C)c1ccccc1. The van der Waals surface area contributed by atoms with Crippen LogP contribution in [0.1, 0.15) is 50.3 Å². The van der Waals surface area contributed by atoms with Gasteiger partial charge in [-0.3, -0.25) is 10.1 Å². The third-order valence-corrected chi connectivity index (χ3v) is 6.88. The zero-order chi connectivity index (χ0) is 26.4. The van der Waals surface area contributed by atoms with E-state index in [9.17, 15) is 14.7 Å². The second-order valence-corrected chi connectivity index (χ2v) is 9.25. The van der Waals surface area contributed by atoms with E-state index in [-0.39, 0.29) is 5.84 Å². The highest BCUT2D eigenvalue weighted by molar-refractivity contribution is 5.99. The van der Waals surface area contributed by atoms with Gasteiger partial charge in [-0.05, 0) is 61.1 Å². The minimum Gasteiger partial charge on any atom is -0.481 e. The van der Waals surface area contributed by atoms with Gasteiger partial charge in [-0.15, -0.1) is 0 Å². The number of hydrogen-bond donors (Lipinski definition) is 3. The molecule has 1 aliphatic rings. The molecule has 1 aliphatic carbocycles. The van der Waals surface area contributed by atoms with Crippen molar-refractivity contribution in [3.63, 3.8) is 0 Å². The van der Waals surface area contributed by atoms with Crippen molar-refractivity contribution in [3.05, 3.63) is 90.0 Å². The van der Waals surface area contributed by atoms with Crippen LogP contribution in [0.3, 0.4) is 0 Å². The average molecular weight is 499 g/mol. The standard InChI is InChI=1S/C29H30N4O4/c1-19(33-30)26(32-28(36)37-20(2)21-7-4-3-5-8-21)31-25-15-11-23(12-16-25)22-9-13-24(14-10-22)29(27(34)35)17-6-18-29/h3-5,7-16,19-20,30H,6,17-18H2,1-2H3,(H,34,35)(H,31,32,36). The average Bonchev–Trinajstić information content (AvgIpc) is 2.88. The normalized spacial score (nSPS) is 16.1. The maximum atomic E-state index is 12.5. The fourth-order valence-electron chi connectivity index (χ4n) is 4.38. The molecule has 0 spiro atoms. The van der Waals surface area contributed by atoms with Gasteiger partial charge >= 0.3 is 12.1 Å². The van der Waals surface area contributed by atoms with E-state index in [0.29, 0.717) is 18.5 Å². The van der Waals surface area contributed by atoms with Gasteiger partial charge in [0, 0.05) is 0 Å². The number of aliphatic imine (C=N–C) groups is 1. The number of alkyl carbamates (subject to hydrolysis) is 1. The van der Waals surface area contributed by atoms with Gasteiger partial charge in [-0.25, -0.2) is 15.3 Å². The number of carboxylic acids is 1. The van der Waals surface area contributed by atoms with E-state index in [1.54, 1.807) is 13.8 Å². The Morgan fingerprint density at radius 1 is 0.946 bits per heavy atom. The highest BCUT2D eigenvalue weighted by atomic mass is 16.6. The quantitative estimate of drug-likeness (QED) is 0.179. The number of rotatable bonds is 8. The molecule has 8 heteroatoms. The van der Waals surface area contributed by atoms with Gasteiger partial charge in [0.25, 0.3) is 0 Å². The number of ether oxygens (including phenoxy) is 1. The fourth-order valence-corrected chi connectivity index (χ4v) is 4.38. The molecular weight excluding hydrogens is 468 g/mol. The highest BCUT2D eigenvalue weighted by Gasteiger charge is 2.45. The van der Waals surface area contributed by atoms with Gasteiger partial charge in [0.1, 0.15) is 18.0 Å². The summed E-state index contributed by atoms with van der Waals surface area (Å²) < 4.78 is 5.47. The lowest BCUT2D eigenvalue weighted by molar-refractivity contribution is -0.147. The molecule has 1 saturated carbocycles. The minimum absolute atomic E-state index is 0.205. The predicted octanol–water partition coefficient (Wildman–Crippen LogP) is 6.80. The van der Waals surface area contributed by atoms with E-state index in [1.165, 1.54) is 0 Å². The van der Waals surface area contributed by atoms with Gasteiger partial charge in [0.05, 0.1) is 11.1 Å². The zero-order valence-electron chi connectivity index (χ0n) is 20.8. The molecule has 0 saturated heterocycles. The van der Waals surface area contributed by atoms with Crippen molar-refractivity contribution in [1.82, 2.24) is 5.32 Å². The maximum absolute atomic E-state index is 12.5. The monoisotopic (exact) mass is 498 g/mol. The van der Waals surface area contributed by atoms with Crippen LogP contribution in [-0.4, -0.2) is 29.0 Å². The third kappa shape index (κ3) is 5.74. The lowest BCUT2D eigenvalue weighted by Gasteiger charge is -2.38. The molecule has 1 fully saturated rings. The molecule has 0 radical (unpaired) electrons. The first-order chi connectivity index (χ1) is 17.8. The van der Waals surface area contributed by atoms with E-state index in [1.807, 2.05) is 78.9 Å².